The molecule has 3 aromatic rings. The monoisotopic (exact) mass is 334 g/mol. The van der Waals surface area contributed by atoms with E-state index in [1.807, 2.05) is 47.2 Å². The number of benzene rings is 1. The maximum absolute atomic E-state index is 12.5. The van der Waals surface area contributed by atoms with Gasteiger partial charge in [-0.1, -0.05) is 18.2 Å². The van der Waals surface area contributed by atoms with Gasteiger partial charge in [-0.2, -0.15) is 0 Å². The number of hydrogen-bond acceptors (Lipinski definition) is 4. The third-order valence-corrected chi connectivity index (χ3v) is 4.30. The van der Waals surface area contributed by atoms with Crippen LogP contribution in [0.1, 0.15) is 11.1 Å². The summed E-state index contributed by atoms with van der Waals surface area (Å²) in [6.07, 6.45) is 7.68. The summed E-state index contributed by atoms with van der Waals surface area (Å²) >= 11 is 0. The number of ether oxygens (including phenoxy) is 1. The molecule has 1 N–H and O–H groups in total. The van der Waals surface area contributed by atoms with E-state index in [1.54, 1.807) is 18.7 Å². The lowest BCUT2D eigenvalue weighted by Gasteiger charge is -2.24. The summed E-state index contributed by atoms with van der Waals surface area (Å²) in [4.78, 5) is 20.8. The molecule has 1 atom stereocenters. The van der Waals surface area contributed by atoms with E-state index in [9.17, 15) is 4.79 Å². The number of hydrogen-bond donors (Lipinski definition) is 1. The minimum Gasteiger partial charge on any atom is -0.492 e. The average Bonchev–Trinajstić information content (AvgIpc) is 3.21. The van der Waals surface area contributed by atoms with Crippen molar-refractivity contribution >= 4 is 5.91 Å². The maximum atomic E-state index is 12.5. The van der Waals surface area contributed by atoms with E-state index in [0.29, 0.717) is 19.6 Å². The summed E-state index contributed by atoms with van der Waals surface area (Å²) in [7, 11) is 0. The second-order valence-electron chi connectivity index (χ2n) is 6.03. The standard InChI is InChI=1S/C19H18N4O2/c24-19(16-10-15-3-1-2-4-17(15)25-12-16)22-11-14-5-6-21-18(9-14)23-8-7-20-13-23/h1-9,13,16H,10-12H2,(H,22,24)/t16-/m1/s1. The molecule has 3 heterocycles. The van der Waals surface area contributed by atoms with Gasteiger partial charge in [-0.05, 0) is 35.7 Å². The Morgan fingerprint density at radius 2 is 2.20 bits per heavy atom. The van der Waals surface area contributed by atoms with Gasteiger partial charge in [0.2, 0.25) is 5.91 Å². The quantitative estimate of drug-likeness (QED) is 0.794. The number of carbonyl (C=O) groups is 1. The fourth-order valence-electron chi connectivity index (χ4n) is 2.94. The lowest BCUT2D eigenvalue weighted by molar-refractivity contribution is -0.126. The Morgan fingerprint density at radius 3 is 3.08 bits per heavy atom. The topological polar surface area (TPSA) is 69.0 Å². The number of nitrogens with zero attached hydrogens (tertiary/aromatic N) is 3. The van der Waals surface area contributed by atoms with E-state index in [1.165, 1.54) is 0 Å². The van der Waals surface area contributed by atoms with E-state index in [4.69, 9.17) is 4.74 Å². The highest BCUT2D eigenvalue weighted by Gasteiger charge is 2.25. The summed E-state index contributed by atoms with van der Waals surface area (Å²) in [5.41, 5.74) is 2.07. The first-order chi connectivity index (χ1) is 12.3. The molecule has 0 spiro atoms. The largest absolute Gasteiger partial charge is 0.492 e. The maximum Gasteiger partial charge on any atom is 0.227 e. The molecule has 6 nitrogen and oxygen atoms in total. The molecule has 25 heavy (non-hydrogen) atoms. The number of pyridine rings is 1. The smallest absolute Gasteiger partial charge is 0.227 e. The number of nitrogens with one attached hydrogen (secondary N) is 1. The molecule has 0 aliphatic carbocycles. The molecule has 4 rings (SSSR count). The number of aromatic nitrogens is 3. The van der Waals surface area contributed by atoms with Crippen molar-refractivity contribution in [1.82, 2.24) is 19.9 Å². The Hall–Kier alpha value is -3.15. The highest BCUT2D eigenvalue weighted by molar-refractivity contribution is 5.79. The van der Waals surface area contributed by atoms with Gasteiger partial charge in [0.05, 0.1) is 5.92 Å². The first-order valence-corrected chi connectivity index (χ1v) is 8.21. The summed E-state index contributed by atoms with van der Waals surface area (Å²) in [6, 6.07) is 11.7. The average molecular weight is 334 g/mol. The molecule has 1 aliphatic heterocycles. The van der Waals surface area contributed by atoms with Crippen LogP contribution < -0.4 is 10.1 Å². The summed E-state index contributed by atoms with van der Waals surface area (Å²) in [5.74, 6) is 1.50. The molecule has 0 fully saturated rings. The Morgan fingerprint density at radius 1 is 1.28 bits per heavy atom. The van der Waals surface area contributed by atoms with Crippen LogP contribution in [0.25, 0.3) is 5.82 Å². The summed E-state index contributed by atoms with van der Waals surface area (Å²) < 4.78 is 7.53. The zero-order chi connectivity index (χ0) is 17.1. The summed E-state index contributed by atoms with van der Waals surface area (Å²) in [6.45, 7) is 0.876. The van der Waals surface area contributed by atoms with Crippen molar-refractivity contribution in [3.05, 3.63) is 72.4 Å². The molecule has 6 heteroatoms. The van der Waals surface area contributed by atoms with Gasteiger partial charge in [-0.25, -0.2) is 9.97 Å². The van der Waals surface area contributed by atoms with Crippen LogP contribution in [0.5, 0.6) is 5.75 Å². The third kappa shape index (κ3) is 3.38. The molecule has 0 saturated carbocycles. The number of fused-ring (bicyclic) bond motifs is 1. The predicted molar refractivity (Wildman–Crippen MR) is 92.3 cm³/mol. The van der Waals surface area contributed by atoms with Crippen LogP contribution in [-0.4, -0.2) is 27.0 Å². The van der Waals surface area contributed by atoms with Crippen molar-refractivity contribution in [3.63, 3.8) is 0 Å². The molecule has 126 valence electrons. The third-order valence-electron chi connectivity index (χ3n) is 4.30. The van der Waals surface area contributed by atoms with Gasteiger partial charge in [-0.3, -0.25) is 9.36 Å². The van der Waals surface area contributed by atoms with Gasteiger partial charge >= 0.3 is 0 Å². The van der Waals surface area contributed by atoms with E-state index in [2.05, 4.69) is 15.3 Å². The van der Waals surface area contributed by atoms with Crippen molar-refractivity contribution < 1.29 is 9.53 Å². The second kappa shape index (κ2) is 6.76. The van der Waals surface area contributed by atoms with Crippen molar-refractivity contribution in [2.75, 3.05) is 6.61 Å². The van der Waals surface area contributed by atoms with Gasteiger partial charge in [0.15, 0.2) is 0 Å². The first kappa shape index (κ1) is 15.4. The van der Waals surface area contributed by atoms with E-state index < -0.39 is 0 Å². The highest BCUT2D eigenvalue weighted by atomic mass is 16.5. The first-order valence-electron chi connectivity index (χ1n) is 8.21. The van der Waals surface area contributed by atoms with Gasteiger partial charge in [0.1, 0.15) is 24.5 Å². The van der Waals surface area contributed by atoms with Crippen LogP contribution in [0.15, 0.2) is 61.3 Å². The normalized spacial score (nSPS) is 15.9. The number of imidazole rings is 1. The molecule has 0 bridgehead atoms. The Bertz CT molecular complexity index is 877. The minimum absolute atomic E-state index is 0.00972. The van der Waals surface area contributed by atoms with E-state index in [0.717, 1.165) is 22.7 Å². The lowest BCUT2D eigenvalue weighted by Crippen LogP contribution is -2.37. The molecule has 0 radical (unpaired) electrons. The Labute approximate surface area is 145 Å². The molecular weight excluding hydrogens is 316 g/mol. The molecule has 1 amide bonds. The Balaban J connectivity index is 1.39. The fraction of sp³-hybridized carbons (Fsp3) is 0.211. The van der Waals surface area contributed by atoms with Crippen LogP contribution in [0.2, 0.25) is 0 Å². The minimum atomic E-state index is -0.162. The summed E-state index contributed by atoms with van der Waals surface area (Å²) in [5, 5.41) is 3.00. The number of carbonyl (C=O) groups excluding carboxylic acids is 1. The molecular formula is C19H18N4O2. The van der Waals surface area contributed by atoms with Crippen LogP contribution >= 0.6 is 0 Å². The SMILES string of the molecule is O=C(NCc1ccnc(-n2ccnc2)c1)[C@H]1COc2ccccc2C1. The van der Waals surface area contributed by atoms with E-state index in [-0.39, 0.29) is 11.8 Å². The van der Waals surface area contributed by atoms with Crippen molar-refractivity contribution in [1.29, 1.82) is 0 Å². The zero-order valence-electron chi connectivity index (χ0n) is 13.6. The molecule has 1 aromatic carbocycles. The van der Waals surface area contributed by atoms with Gasteiger partial charge in [0.25, 0.3) is 0 Å². The van der Waals surface area contributed by atoms with Gasteiger partial charge < -0.3 is 10.1 Å². The lowest BCUT2D eigenvalue weighted by atomic mass is 9.96. The van der Waals surface area contributed by atoms with Gasteiger partial charge in [-0.15, -0.1) is 0 Å². The van der Waals surface area contributed by atoms with Gasteiger partial charge in [0, 0.05) is 25.1 Å². The zero-order valence-corrected chi connectivity index (χ0v) is 13.6. The van der Waals surface area contributed by atoms with Crippen LogP contribution in [0.4, 0.5) is 0 Å². The van der Waals surface area contributed by atoms with Crippen LogP contribution in [0, 0.1) is 5.92 Å². The fourth-order valence-corrected chi connectivity index (χ4v) is 2.94. The molecule has 1 aliphatic rings. The number of amides is 1. The predicted octanol–water partition coefficient (Wildman–Crippen LogP) is 2.13. The van der Waals surface area contributed by atoms with Crippen LogP contribution in [0.3, 0.4) is 0 Å². The molecule has 2 aromatic heterocycles. The number of rotatable bonds is 4. The van der Waals surface area contributed by atoms with Crippen LogP contribution in [-0.2, 0) is 17.8 Å². The number of para-hydroxylation sites is 1. The highest BCUT2D eigenvalue weighted by Crippen LogP contribution is 2.26. The second-order valence-corrected chi connectivity index (χ2v) is 6.03. The van der Waals surface area contributed by atoms with E-state index >= 15 is 0 Å². The van der Waals surface area contributed by atoms with Crippen molar-refractivity contribution in [2.45, 2.75) is 13.0 Å². The molecule has 0 saturated heterocycles. The molecule has 0 unspecified atom stereocenters. The Kier molecular flexibility index (Phi) is 4.16. The van der Waals surface area contributed by atoms with Crippen molar-refractivity contribution in [2.24, 2.45) is 5.92 Å². The van der Waals surface area contributed by atoms with Crippen molar-refractivity contribution in [3.8, 4) is 11.6 Å².